The molecule has 2 aromatic carbocycles. The highest BCUT2D eigenvalue weighted by molar-refractivity contribution is 5.91. The molecule has 0 spiro atoms. The lowest BCUT2D eigenvalue weighted by atomic mass is 9.87. The summed E-state index contributed by atoms with van der Waals surface area (Å²) in [5, 5.41) is 2.77. The van der Waals surface area contributed by atoms with E-state index in [1.807, 2.05) is 35.2 Å². The number of nitrogens with one attached hydrogen (secondary N) is 1. The number of ether oxygens (including phenoxy) is 1. The van der Waals surface area contributed by atoms with Crippen LogP contribution in [0.5, 0.6) is 5.75 Å². The van der Waals surface area contributed by atoms with E-state index in [9.17, 15) is 9.59 Å². The van der Waals surface area contributed by atoms with Crippen molar-refractivity contribution in [3.05, 3.63) is 113 Å². The van der Waals surface area contributed by atoms with Gasteiger partial charge in [-0.3, -0.25) is 9.59 Å². The number of carbonyl (C=O) groups excluding carboxylic acids is 2. The van der Waals surface area contributed by atoms with Crippen molar-refractivity contribution >= 4 is 11.8 Å². The van der Waals surface area contributed by atoms with Crippen LogP contribution >= 0.6 is 0 Å². The van der Waals surface area contributed by atoms with Gasteiger partial charge in [-0.25, -0.2) is 0 Å². The molecule has 1 saturated carbocycles. The van der Waals surface area contributed by atoms with Crippen molar-refractivity contribution < 1.29 is 23.2 Å². The first-order valence-corrected chi connectivity index (χ1v) is 12.7. The maximum atomic E-state index is 13.2. The van der Waals surface area contributed by atoms with Gasteiger partial charge in [-0.15, -0.1) is 0 Å². The minimum atomic E-state index is -0.317. The number of furan rings is 2. The van der Waals surface area contributed by atoms with Gasteiger partial charge in [-0.05, 0) is 72.4 Å². The molecule has 7 nitrogen and oxygen atoms in total. The molecule has 1 atom stereocenters. The number of hydrogen-bond donors (Lipinski definition) is 1. The summed E-state index contributed by atoms with van der Waals surface area (Å²) in [7, 11) is 0. The van der Waals surface area contributed by atoms with Gasteiger partial charge in [0.2, 0.25) is 5.91 Å². The summed E-state index contributed by atoms with van der Waals surface area (Å²) in [5.41, 5.74) is 3.43. The predicted octanol–water partition coefficient (Wildman–Crippen LogP) is 5.27. The monoisotopic (exact) mass is 496 g/mol. The molecule has 0 unspecified atom stereocenters. The summed E-state index contributed by atoms with van der Waals surface area (Å²) in [6.07, 6.45) is 4.36. The Hall–Kier alpha value is -4.26. The Morgan fingerprint density at radius 3 is 2.62 bits per heavy atom. The number of carbonyl (C=O) groups is 2. The van der Waals surface area contributed by atoms with Crippen molar-refractivity contribution in [3.63, 3.8) is 0 Å². The predicted molar refractivity (Wildman–Crippen MR) is 136 cm³/mol. The molecule has 2 aromatic heterocycles. The Kier molecular flexibility index (Phi) is 6.26. The zero-order valence-electron chi connectivity index (χ0n) is 20.4. The van der Waals surface area contributed by atoms with E-state index in [4.69, 9.17) is 13.6 Å². The summed E-state index contributed by atoms with van der Waals surface area (Å²) in [6, 6.07) is 23.1. The fourth-order valence-corrected chi connectivity index (χ4v) is 4.88. The Morgan fingerprint density at radius 2 is 1.84 bits per heavy atom. The van der Waals surface area contributed by atoms with Crippen LogP contribution < -0.4 is 10.1 Å². The fourth-order valence-electron chi connectivity index (χ4n) is 4.88. The molecule has 1 fully saturated rings. The van der Waals surface area contributed by atoms with Crippen molar-refractivity contribution in [2.45, 2.75) is 38.5 Å². The summed E-state index contributed by atoms with van der Waals surface area (Å²) in [5.74, 6) is 2.22. The van der Waals surface area contributed by atoms with Crippen LogP contribution in [-0.4, -0.2) is 23.3 Å². The molecule has 1 aliphatic carbocycles. The van der Waals surface area contributed by atoms with Crippen LogP contribution in [-0.2, 0) is 24.4 Å². The number of amides is 2. The maximum Gasteiger partial charge on any atom is 0.287 e. The third-order valence-corrected chi connectivity index (χ3v) is 6.94. The smallest absolute Gasteiger partial charge is 0.287 e. The molecule has 0 radical (unpaired) electrons. The molecule has 1 aliphatic heterocycles. The molecule has 3 heterocycles. The average Bonchev–Trinajstić information content (AvgIpc) is 3.44. The Morgan fingerprint density at radius 1 is 0.973 bits per heavy atom. The number of benzene rings is 2. The van der Waals surface area contributed by atoms with Gasteiger partial charge in [-0.2, -0.15) is 0 Å². The van der Waals surface area contributed by atoms with E-state index in [1.165, 1.54) is 5.56 Å². The lowest BCUT2D eigenvalue weighted by molar-refractivity contribution is -0.134. The first-order valence-electron chi connectivity index (χ1n) is 12.7. The Balaban J connectivity index is 1.17. The molecule has 37 heavy (non-hydrogen) atoms. The van der Waals surface area contributed by atoms with E-state index in [2.05, 4.69) is 23.5 Å². The second-order valence-corrected chi connectivity index (χ2v) is 9.55. The van der Waals surface area contributed by atoms with E-state index in [0.29, 0.717) is 17.3 Å². The van der Waals surface area contributed by atoms with Crippen LogP contribution in [0.3, 0.4) is 0 Å². The number of hydrogen-bond acceptors (Lipinski definition) is 5. The van der Waals surface area contributed by atoms with Crippen molar-refractivity contribution in [1.29, 1.82) is 0 Å². The molecule has 1 N–H and O–H groups in total. The molecule has 2 aliphatic rings. The van der Waals surface area contributed by atoms with Gasteiger partial charge in [0.1, 0.15) is 23.9 Å². The third-order valence-electron chi connectivity index (χ3n) is 6.94. The summed E-state index contributed by atoms with van der Waals surface area (Å²) in [6.45, 7) is 1.20. The molecule has 2 amide bonds. The van der Waals surface area contributed by atoms with Gasteiger partial charge in [-0.1, -0.05) is 36.4 Å². The number of nitrogens with zero attached hydrogens (tertiary/aromatic N) is 1. The molecule has 188 valence electrons. The molecule has 0 saturated heterocycles. The van der Waals surface area contributed by atoms with E-state index >= 15 is 0 Å². The second kappa shape index (κ2) is 10.0. The van der Waals surface area contributed by atoms with Crippen LogP contribution in [0.4, 0.5) is 0 Å². The van der Waals surface area contributed by atoms with Crippen molar-refractivity contribution in [2.75, 3.05) is 6.54 Å². The minimum Gasteiger partial charge on any atom is -0.486 e. The molecule has 6 rings (SSSR count). The lowest BCUT2D eigenvalue weighted by Gasteiger charge is -2.38. The van der Waals surface area contributed by atoms with Gasteiger partial charge in [0.15, 0.2) is 5.76 Å². The zero-order valence-corrected chi connectivity index (χ0v) is 20.4. The molecular weight excluding hydrogens is 468 g/mol. The SMILES string of the molecule is O=C(NCc1ccco1)c1ccc(COc2ccc3c(c2)[C@H](c2ccccc2)N(C(=O)C2CC2)CC3)o1. The van der Waals surface area contributed by atoms with Gasteiger partial charge < -0.3 is 23.8 Å². The molecule has 0 bridgehead atoms. The topological polar surface area (TPSA) is 84.9 Å². The minimum absolute atomic E-state index is 0.130. The van der Waals surface area contributed by atoms with Crippen LogP contribution in [0, 0.1) is 5.92 Å². The van der Waals surface area contributed by atoms with Crippen molar-refractivity contribution in [3.8, 4) is 5.75 Å². The van der Waals surface area contributed by atoms with Gasteiger partial charge in [0.05, 0.1) is 18.8 Å². The van der Waals surface area contributed by atoms with E-state index in [0.717, 1.165) is 36.9 Å². The number of rotatable bonds is 8. The van der Waals surface area contributed by atoms with E-state index < -0.39 is 0 Å². The average molecular weight is 497 g/mol. The maximum absolute atomic E-state index is 13.2. The Bertz CT molecular complexity index is 1390. The molecular formula is C30H28N2O5. The van der Waals surface area contributed by atoms with Gasteiger partial charge >= 0.3 is 0 Å². The Labute approximate surface area is 215 Å². The highest BCUT2D eigenvalue weighted by Gasteiger charge is 2.39. The van der Waals surface area contributed by atoms with Crippen LogP contribution in [0.2, 0.25) is 0 Å². The van der Waals surface area contributed by atoms with Crippen LogP contribution in [0.15, 0.2) is 87.9 Å². The zero-order chi connectivity index (χ0) is 25.2. The summed E-state index contributed by atoms with van der Waals surface area (Å²) >= 11 is 0. The first kappa shape index (κ1) is 23.2. The quantitative estimate of drug-likeness (QED) is 0.359. The van der Waals surface area contributed by atoms with Crippen LogP contribution in [0.1, 0.15) is 57.6 Å². The highest BCUT2D eigenvalue weighted by Crippen LogP contribution is 2.41. The van der Waals surface area contributed by atoms with Gasteiger partial charge in [0.25, 0.3) is 5.91 Å². The second-order valence-electron chi connectivity index (χ2n) is 9.55. The normalized spacial score (nSPS) is 16.8. The fraction of sp³-hybridized carbons (Fsp3) is 0.267. The molecule has 4 aromatic rings. The van der Waals surface area contributed by atoms with Crippen molar-refractivity contribution in [1.82, 2.24) is 10.2 Å². The van der Waals surface area contributed by atoms with E-state index in [1.54, 1.807) is 30.5 Å². The molecule has 7 heteroatoms. The number of fused-ring (bicyclic) bond motifs is 1. The standard InChI is InChI=1S/C30H28N2O5/c33-29(31-18-24-7-4-16-35-24)27-13-12-25(37-27)19-36-23-11-10-20-14-15-32(30(34)22-8-9-22)28(26(20)17-23)21-5-2-1-3-6-21/h1-7,10-13,16-17,22,28H,8-9,14-15,18-19H2,(H,31,33)/t28-/m0/s1. The highest BCUT2D eigenvalue weighted by atomic mass is 16.5. The van der Waals surface area contributed by atoms with Crippen LogP contribution in [0.25, 0.3) is 0 Å². The van der Waals surface area contributed by atoms with Crippen molar-refractivity contribution in [2.24, 2.45) is 5.92 Å². The lowest BCUT2D eigenvalue weighted by Crippen LogP contribution is -2.41. The summed E-state index contributed by atoms with van der Waals surface area (Å²) in [4.78, 5) is 27.6. The largest absolute Gasteiger partial charge is 0.486 e. The first-order chi connectivity index (χ1) is 18.2. The third kappa shape index (κ3) is 5.03. The van der Waals surface area contributed by atoms with E-state index in [-0.39, 0.29) is 42.7 Å². The van der Waals surface area contributed by atoms with Gasteiger partial charge in [0, 0.05) is 12.5 Å². The summed E-state index contributed by atoms with van der Waals surface area (Å²) < 4.78 is 17.0.